The molecule has 0 bridgehead atoms. The number of nitrogens with one attached hydrogen (secondary N) is 3. The zero-order valence-corrected chi connectivity index (χ0v) is 14.0. The lowest BCUT2D eigenvalue weighted by Crippen LogP contribution is -2.46. The lowest BCUT2D eigenvalue weighted by atomic mass is 10.2. The first-order valence-electron chi connectivity index (χ1n) is 8.02. The van der Waals surface area contributed by atoms with Gasteiger partial charge in [-0.15, -0.1) is 0 Å². The second-order valence-electron chi connectivity index (χ2n) is 5.55. The van der Waals surface area contributed by atoms with E-state index in [1.807, 2.05) is 12.1 Å². The van der Waals surface area contributed by atoms with Crippen LogP contribution in [0.1, 0.15) is 20.8 Å². The Balaban J connectivity index is 1.51. The van der Waals surface area contributed by atoms with Gasteiger partial charge in [-0.1, -0.05) is 36.4 Å². The van der Waals surface area contributed by atoms with Crippen molar-refractivity contribution in [3.05, 3.63) is 77.7 Å². The Morgan fingerprint density at radius 1 is 0.852 bits per heavy atom. The summed E-state index contributed by atoms with van der Waals surface area (Å²) in [5, 5.41) is 3.15. The fourth-order valence-electron chi connectivity index (χ4n) is 2.33. The van der Waals surface area contributed by atoms with E-state index in [1.54, 1.807) is 18.2 Å². The van der Waals surface area contributed by atoms with Crippen LogP contribution in [0.3, 0.4) is 0 Å². The van der Waals surface area contributed by atoms with E-state index in [0.717, 1.165) is 11.5 Å². The highest BCUT2D eigenvalue weighted by atomic mass is 19.1. The lowest BCUT2D eigenvalue weighted by molar-refractivity contribution is -0.120. The van der Waals surface area contributed by atoms with E-state index in [2.05, 4.69) is 21.2 Å². The molecule has 0 atom stereocenters. The number of halogens is 1. The predicted molar refractivity (Wildman–Crippen MR) is 96.1 cm³/mol. The van der Waals surface area contributed by atoms with Crippen LogP contribution in [0.25, 0.3) is 10.9 Å². The molecule has 0 radical (unpaired) electrons. The zero-order chi connectivity index (χ0) is 19.2. The zero-order valence-electron chi connectivity index (χ0n) is 14.0. The van der Waals surface area contributed by atoms with Crippen LogP contribution in [0.15, 0.2) is 60.7 Å². The van der Waals surface area contributed by atoms with E-state index in [0.29, 0.717) is 5.52 Å². The Morgan fingerprint density at radius 3 is 2.41 bits per heavy atom. The topological polar surface area (TPSA) is 100 Å². The van der Waals surface area contributed by atoms with Crippen molar-refractivity contribution in [1.82, 2.24) is 21.2 Å². The first kappa shape index (κ1) is 18.0. The van der Waals surface area contributed by atoms with Gasteiger partial charge in [-0.05, 0) is 24.3 Å². The van der Waals surface area contributed by atoms with Gasteiger partial charge in [0, 0.05) is 5.39 Å². The molecule has 3 N–H and O–H groups in total. The fraction of sp³-hybridized carbons (Fsp3) is 0.0526. The molecule has 136 valence electrons. The molecule has 0 saturated carbocycles. The third-order valence-corrected chi connectivity index (χ3v) is 3.67. The summed E-state index contributed by atoms with van der Waals surface area (Å²) in [4.78, 5) is 39.9. The molecule has 0 fully saturated rings. The number of carbonyl (C=O) groups excluding carboxylic acids is 3. The first-order valence-corrected chi connectivity index (χ1v) is 8.02. The van der Waals surface area contributed by atoms with Crippen LogP contribution in [0.5, 0.6) is 0 Å². The number of hydrogen-bond acceptors (Lipinski definition) is 4. The van der Waals surface area contributed by atoms with Crippen molar-refractivity contribution >= 4 is 28.6 Å². The van der Waals surface area contributed by atoms with Gasteiger partial charge < -0.3 is 5.32 Å². The molecule has 3 amide bonds. The average molecular weight is 366 g/mol. The van der Waals surface area contributed by atoms with Gasteiger partial charge in [-0.3, -0.25) is 25.2 Å². The summed E-state index contributed by atoms with van der Waals surface area (Å²) in [6.07, 6.45) is 0. The summed E-state index contributed by atoms with van der Waals surface area (Å²) in [5.74, 6) is -2.69. The number of benzene rings is 2. The third kappa shape index (κ3) is 4.43. The minimum absolute atomic E-state index is 0.129. The Morgan fingerprint density at radius 2 is 1.59 bits per heavy atom. The van der Waals surface area contributed by atoms with E-state index in [1.165, 1.54) is 24.3 Å². The molecule has 8 heteroatoms. The molecule has 0 unspecified atom stereocenters. The number of hydrazine groups is 1. The van der Waals surface area contributed by atoms with E-state index in [-0.39, 0.29) is 11.3 Å². The second kappa shape index (κ2) is 8.05. The van der Waals surface area contributed by atoms with Crippen molar-refractivity contribution in [3.63, 3.8) is 0 Å². The first-order chi connectivity index (χ1) is 13.0. The average Bonchev–Trinajstić information content (AvgIpc) is 2.70. The molecule has 3 rings (SSSR count). The number of carbonyl (C=O) groups is 3. The van der Waals surface area contributed by atoms with Crippen molar-refractivity contribution in [2.24, 2.45) is 0 Å². The summed E-state index contributed by atoms with van der Waals surface area (Å²) >= 11 is 0. The number of pyridine rings is 1. The molecule has 27 heavy (non-hydrogen) atoms. The number of amides is 3. The standard InChI is InChI=1S/C19H15FN4O3/c20-14-7-3-2-6-13(14)18(26)21-11-17(25)23-24-19(27)16-10-9-12-5-1-4-8-15(12)22-16/h1-10H,11H2,(H,21,26)(H,23,25)(H,24,27). The summed E-state index contributed by atoms with van der Waals surface area (Å²) in [6.45, 7) is -0.432. The number of nitrogens with zero attached hydrogens (tertiary/aromatic N) is 1. The largest absolute Gasteiger partial charge is 0.343 e. The molecule has 7 nitrogen and oxygen atoms in total. The highest BCUT2D eigenvalue weighted by Gasteiger charge is 2.13. The molecule has 0 spiro atoms. The number of rotatable bonds is 4. The minimum atomic E-state index is -0.731. The van der Waals surface area contributed by atoms with Crippen molar-refractivity contribution in [2.45, 2.75) is 0 Å². The van der Waals surface area contributed by atoms with E-state index in [9.17, 15) is 18.8 Å². The molecule has 2 aromatic carbocycles. The van der Waals surface area contributed by atoms with Gasteiger partial charge in [0.15, 0.2) is 0 Å². The number of aromatic nitrogens is 1. The number of fused-ring (bicyclic) bond motifs is 1. The normalized spacial score (nSPS) is 10.3. The second-order valence-corrected chi connectivity index (χ2v) is 5.55. The lowest BCUT2D eigenvalue weighted by Gasteiger charge is -2.09. The molecule has 3 aromatic rings. The SMILES string of the molecule is O=C(CNC(=O)c1ccccc1F)NNC(=O)c1ccc2ccccc2n1. The van der Waals surface area contributed by atoms with Gasteiger partial charge in [-0.2, -0.15) is 0 Å². The molecule has 0 aliphatic heterocycles. The molecule has 1 heterocycles. The predicted octanol–water partition coefficient (Wildman–Crippen LogP) is 1.56. The quantitative estimate of drug-likeness (QED) is 0.610. The molecular formula is C19H15FN4O3. The maximum atomic E-state index is 13.5. The van der Waals surface area contributed by atoms with Crippen molar-refractivity contribution in [3.8, 4) is 0 Å². The Hall–Kier alpha value is -3.81. The molecule has 1 aromatic heterocycles. The molecule has 0 aliphatic carbocycles. The van der Waals surface area contributed by atoms with Crippen molar-refractivity contribution in [2.75, 3.05) is 6.54 Å². The van der Waals surface area contributed by atoms with E-state index >= 15 is 0 Å². The highest BCUT2D eigenvalue weighted by molar-refractivity contribution is 5.98. The van der Waals surface area contributed by atoms with Gasteiger partial charge in [0.2, 0.25) is 0 Å². The van der Waals surface area contributed by atoms with Gasteiger partial charge in [-0.25, -0.2) is 9.37 Å². The van der Waals surface area contributed by atoms with Crippen molar-refractivity contribution < 1.29 is 18.8 Å². The minimum Gasteiger partial charge on any atom is -0.343 e. The molecule has 0 aliphatic rings. The van der Waals surface area contributed by atoms with Crippen LogP contribution < -0.4 is 16.2 Å². The number of hydrogen-bond donors (Lipinski definition) is 3. The van der Waals surface area contributed by atoms with Gasteiger partial charge in [0.1, 0.15) is 11.5 Å². The summed E-state index contributed by atoms with van der Waals surface area (Å²) in [5.41, 5.74) is 4.98. The molecular weight excluding hydrogens is 351 g/mol. The van der Waals surface area contributed by atoms with Crippen molar-refractivity contribution in [1.29, 1.82) is 0 Å². The van der Waals surface area contributed by atoms with E-state index < -0.39 is 30.1 Å². The summed E-state index contributed by atoms with van der Waals surface area (Å²) in [7, 11) is 0. The summed E-state index contributed by atoms with van der Waals surface area (Å²) < 4.78 is 13.5. The van der Waals surface area contributed by atoms with Crippen LogP contribution in [-0.2, 0) is 4.79 Å². The maximum absolute atomic E-state index is 13.5. The summed E-state index contributed by atoms with van der Waals surface area (Å²) in [6, 6.07) is 16.0. The van der Waals surface area contributed by atoms with Gasteiger partial charge in [0.25, 0.3) is 17.7 Å². The smallest absolute Gasteiger partial charge is 0.288 e. The third-order valence-electron chi connectivity index (χ3n) is 3.67. The monoisotopic (exact) mass is 366 g/mol. The van der Waals surface area contributed by atoms with Crippen LogP contribution in [-0.4, -0.2) is 29.3 Å². The highest BCUT2D eigenvalue weighted by Crippen LogP contribution is 2.11. The van der Waals surface area contributed by atoms with Gasteiger partial charge in [0.05, 0.1) is 17.6 Å². The van der Waals surface area contributed by atoms with Crippen LogP contribution in [0.2, 0.25) is 0 Å². The fourth-order valence-corrected chi connectivity index (χ4v) is 2.33. The van der Waals surface area contributed by atoms with E-state index in [4.69, 9.17) is 0 Å². The van der Waals surface area contributed by atoms with Gasteiger partial charge >= 0.3 is 0 Å². The molecule has 0 saturated heterocycles. The Labute approximate surface area is 153 Å². The Kier molecular flexibility index (Phi) is 5.36. The van der Waals surface area contributed by atoms with Crippen LogP contribution in [0, 0.1) is 5.82 Å². The number of para-hydroxylation sites is 1. The van der Waals surface area contributed by atoms with Crippen LogP contribution in [0.4, 0.5) is 4.39 Å². The Bertz CT molecular complexity index is 1020. The van der Waals surface area contributed by atoms with Crippen LogP contribution >= 0.6 is 0 Å². The maximum Gasteiger partial charge on any atom is 0.288 e.